The fourth-order valence-electron chi connectivity index (χ4n) is 2.84. The summed E-state index contributed by atoms with van der Waals surface area (Å²) in [4.78, 5) is 0. The van der Waals surface area contributed by atoms with Crippen molar-refractivity contribution in [2.45, 2.75) is 39.3 Å². The Morgan fingerprint density at radius 3 is 2.89 bits per heavy atom. The highest BCUT2D eigenvalue weighted by Gasteiger charge is 2.19. The fraction of sp³-hybridized carbons (Fsp3) is 0.438. The Hall–Kier alpha value is -1.61. The Morgan fingerprint density at radius 2 is 2.11 bits per heavy atom. The lowest BCUT2D eigenvalue weighted by Crippen LogP contribution is -2.25. The minimum absolute atomic E-state index is 0.990. The zero-order valence-corrected chi connectivity index (χ0v) is 11.5. The molecule has 0 radical (unpaired) electrons. The topological polar surface area (TPSA) is 29.9 Å². The van der Waals surface area contributed by atoms with Gasteiger partial charge in [-0.05, 0) is 18.4 Å². The third kappa shape index (κ3) is 2.56. The molecule has 0 bridgehead atoms. The smallest absolute Gasteiger partial charge is 0.0669 e. The summed E-state index contributed by atoms with van der Waals surface area (Å²) in [6, 6.07) is 10.7. The standard InChI is InChI=1S/C16H21N3/c1-2-15-14-12-17-10-8-16(14)19(18-15)11-9-13-6-4-3-5-7-13/h3-7,17H,2,8-12H2,1H3. The van der Waals surface area contributed by atoms with Crippen LogP contribution < -0.4 is 5.32 Å². The number of fused-ring (bicyclic) bond motifs is 1. The minimum Gasteiger partial charge on any atom is -0.312 e. The van der Waals surface area contributed by atoms with Gasteiger partial charge in [0, 0.05) is 37.3 Å². The normalized spacial score (nSPS) is 14.4. The van der Waals surface area contributed by atoms with Gasteiger partial charge in [0.05, 0.1) is 5.69 Å². The summed E-state index contributed by atoms with van der Waals surface area (Å²) in [5.74, 6) is 0. The van der Waals surface area contributed by atoms with Gasteiger partial charge in [0.2, 0.25) is 0 Å². The first kappa shape index (κ1) is 12.4. The van der Waals surface area contributed by atoms with Gasteiger partial charge in [0.25, 0.3) is 0 Å². The number of aromatic nitrogens is 2. The summed E-state index contributed by atoms with van der Waals surface area (Å²) in [6.45, 7) is 5.25. The SMILES string of the molecule is CCc1nn(CCc2ccccc2)c2c1CNCC2. The predicted molar refractivity (Wildman–Crippen MR) is 77.2 cm³/mol. The van der Waals surface area contributed by atoms with Crippen LogP contribution in [0.4, 0.5) is 0 Å². The summed E-state index contributed by atoms with van der Waals surface area (Å²) in [6.07, 6.45) is 3.20. The lowest BCUT2D eigenvalue weighted by atomic mass is 10.1. The number of benzene rings is 1. The molecular formula is C16H21N3. The molecular weight excluding hydrogens is 234 g/mol. The highest BCUT2D eigenvalue weighted by molar-refractivity contribution is 5.29. The predicted octanol–water partition coefficient (Wildman–Crippen LogP) is 2.33. The lowest BCUT2D eigenvalue weighted by molar-refractivity contribution is 0.550. The maximum Gasteiger partial charge on any atom is 0.0669 e. The maximum atomic E-state index is 4.80. The van der Waals surface area contributed by atoms with E-state index < -0.39 is 0 Å². The van der Waals surface area contributed by atoms with E-state index in [0.717, 1.165) is 38.9 Å². The second-order valence-corrected chi connectivity index (χ2v) is 5.11. The van der Waals surface area contributed by atoms with E-state index >= 15 is 0 Å². The van der Waals surface area contributed by atoms with Crippen LogP contribution in [0.1, 0.15) is 29.4 Å². The Bertz CT molecular complexity index is 543. The van der Waals surface area contributed by atoms with E-state index in [1.54, 1.807) is 0 Å². The first-order valence-electron chi connectivity index (χ1n) is 7.20. The fourth-order valence-corrected chi connectivity index (χ4v) is 2.84. The molecule has 19 heavy (non-hydrogen) atoms. The molecule has 0 fully saturated rings. The largest absolute Gasteiger partial charge is 0.312 e. The maximum absolute atomic E-state index is 4.80. The third-order valence-electron chi connectivity index (χ3n) is 3.88. The summed E-state index contributed by atoms with van der Waals surface area (Å²) >= 11 is 0. The summed E-state index contributed by atoms with van der Waals surface area (Å²) in [5.41, 5.74) is 5.56. The Balaban J connectivity index is 1.79. The monoisotopic (exact) mass is 255 g/mol. The van der Waals surface area contributed by atoms with Crippen molar-refractivity contribution in [2.75, 3.05) is 6.54 Å². The second-order valence-electron chi connectivity index (χ2n) is 5.11. The van der Waals surface area contributed by atoms with Gasteiger partial charge in [-0.2, -0.15) is 5.10 Å². The number of hydrogen-bond donors (Lipinski definition) is 1. The van der Waals surface area contributed by atoms with Crippen LogP contribution in [0.5, 0.6) is 0 Å². The quantitative estimate of drug-likeness (QED) is 0.908. The zero-order chi connectivity index (χ0) is 13.1. The van der Waals surface area contributed by atoms with Crippen LogP contribution in [-0.4, -0.2) is 16.3 Å². The van der Waals surface area contributed by atoms with E-state index in [1.165, 1.54) is 22.5 Å². The average Bonchev–Trinajstić information content (AvgIpc) is 2.84. The van der Waals surface area contributed by atoms with Gasteiger partial charge >= 0.3 is 0 Å². The molecule has 0 amide bonds. The molecule has 3 rings (SSSR count). The van der Waals surface area contributed by atoms with Gasteiger partial charge < -0.3 is 5.32 Å². The van der Waals surface area contributed by atoms with Crippen molar-refractivity contribution in [1.82, 2.24) is 15.1 Å². The molecule has 0 saturated carbocycles. The molecule has 0 aliphatic carbocycles. The summed E-state index contributed by atoms with van der Waals surface area (Å²) < 4.78 is 2.24. The van der Waals surface area contributed by atoms with Crippen molar-refractivity contribution < 1.29 is 0 Å². The van der Waals surface area contributed by atoms with Crippen molar-refractivity contribution in [2.24, 2.45) is 0 Å². The van der Waals surface area contributed by atoms with E-state index in [0.29, 0.717) is 0 Å². The van der Waals surface area contributed by atoms with Crippen molar-refractivity contribution in [3.05, 3.63) is 52.8 Å². The Morgan fingerprint density at radius 1 is 1.26 bits per heavy atom. The molecule has 100 valence electrons. The molecule has 2 aromatic rings. The molecule has 0 saturated heterocycles. The molecule has 0 spiro atoms. The van der Waals surface area contributed by atoms with Gasteiger partial charge in [-0.25, -0.2) is 0 Å². The molecule has 3 nitrogen and oxygen atoms in total. The van der Waals surface area contributed by atoms with Gasteiger partial charge in [-0.15, -0.1) is 0 Å². The molecule has 0 unspecified atom stereocenters. The minimum atomic E-state index is 0.990. The molecule has 3 heteroatoms. The van der Waals surface area contributed by atoms with Crippen molar-refractivity contribution in [1.29, 1.82) is 0 Å². The first-order valence-corrected chi connectivity index (χ1v) is 7.20. The van der Waals surface area contributed by atoms with E-state index in [4.69, 9.17) is 5.10 Å². The average molecular weight is 255 g/mol. The van der Waals surface area contributed by atoms with Gasteiger partial charge in [-0.3, -0.25) is 4.68 Å². The zero-order valence-electron chi connectivity index (χ0n) is 11.5. The number of nitrogens with zero attached hydrogens (tertiary/aromatic N) is 2. The van der Waals surface area contributed by atoms with E-state index in [1.807, 2.05) is 0 Å². The molecule has 1 aromatic heterocycles. The van der Waals surface area contributed by atoms with Crippen LogP contribution in [0.2, 0.25) is 0 Å². The summed E-state index contributed by atoms with van der Waals surface area (Å²) in [5, 5.41) is 8.25. The highest BCUT2D eigenvalue weighted by atomic mass is 15.3. The molecule has 1 N–H and O–H groups in total. The highest BCUT2D eigenvalue weighted by Crippen LogP contribution is 2.19. The van der Waals surface area contributed by atoms with Crippen LogP contribution in [0.15, 0.2) is 30.3 Å². The molecule has 2 heterocycles. The molecule has 0 atom stereocenters. The number of aryl methyl sites for hydroxylation is 3. The van der Waals surface area contributed by atoms with Crippen LogP contribution in [0.3, 0.4) is 0 Å². The van der Waals surface area contributed by atoms with Crippen molar-refractivity contribution in [3.8, 4) is 0 Å². The summed E-state index contributed by atoms with van der Waals surface area (Å²) in [7, 11) is 0. The molecule has 1 aliphatic rings. The van der Waals surface area contributed by atoms with E-state index in [-0.39, 0.29) is 0 Å². The third-order valence-corrected chi connectivity index (χ3v) is 3.88. The molecule has 1 aromatic carbocycles. The van der Waals surface area contributed by atoms with Crippen LogP contribution in [-0.2, 0) is 32.4 Å². The number of rotatable bonds is 4. The number of hydrogen-bond acceptors (Lipinski definition) is 2. The number of nitrogens with one attached hydrogen (secondary N) is 1. The van der Waals surface area contributed by atoms with Gasteiger partial charge in [0.15, 0.2) is 0 Å². The van der Waals surface area contributed by atoms with Crippen molar-refractivity contribution in [3.63, 3.8) is 0 Å². The van der Waals surface area contributed by atoms with E-state index in [2.05, 4.69) is 47.3 Å². The Kier molecular flexibility index (Phi) is 3.65. The van der Waals surface area contributed by atoms with Gasteiger partial charge in [-0.1, -0.05) is 37.3 Å². The van der Waals surface area contributed by atoms with Crippen LogP contribution in [0, 0.1) is 0 Å². The Labute approximate surface area is 114 Å². The van der Waals surface area contributed by atoms with Crippen LogP contribution in [0.25, 0.3) is 0 Å². The van der Waals surface area contributed by atoms with Crippen LogP contribution >= 0.6 is 0 Å². The van der Waals surface area contributed by atoms with E-state index in [9.17, 15) is 0 Å². The van der Waals surface area contributed by atoms with Crippen molar-refractivity contribution >= 4 is 0 Å². The first-order chi connectivity index (χ1) is 9.38. The lowest BCUT2D eigenvalue weighted by Gasteiger charge is -2.15. The second kappa shape index (κ2) is 5.57. The molecule has 1 aliphatic heterocycles. The van der Waals surface area contributed by atoms with Gasteiger partial charge in [0.1, 0.15) is 0 Å².